The van der Waals surface area contributed by atoms with E-state index in [0.717, 1.165) is 27.8 Å². The maximum absolute atomic E-state index is 13.2. The molecule has 3 atom stereocenters. The van der Waals surface area contributed by atoms with E-state index in [9.17, 15) is 24.0 Å². The number of esters is 1. The van der Waals surface area contributed by atoms with Gasteiger partial charge in [-0.3, -0.25) is 14.4 Å². The zero-order valence-corrected chi connectivity index (χ0v) is 25.4. The van der Waals surface area contributed by atoms with Gasteiger partial charge in [-0.25, -0.2) is 9.59 Å². The smallest absolute Gasteiger partial charge is 0.407 e. The van der Waals surface area contributed by atoms with E-state index < -0.39 is 54.5 Å². The van der Waals surface area contributed by atoms with Gasteiger partial charge in [-0.1, -0.05) is 91.0 Å². The van der Waals surface area contributed by atoms with Crippen molar-refractivity contribution < 1.29 is 33.4 Å². The number of carbonyl (C=O) groups excluding carboxylic acids is 5. The molecule has 3 aromatic rings. The lowest BCUT2D eigenvalue weighted by atomic mass is 9.98. The molecule has 0 saturated carbocycles. The van der Waals surface area contributed by atoms with Crippen LogP contribution in [0.1, 0.15) is 35.4 Å². The van der Waals surface area contributed by atoms with E-state index in [4.69, 9.17) is 9.47 Å². The Bertz CT molecular complexity index is 1580. The molecule has 46 heavy (non-hydrogen) atoms. The van der Waals surface area contributed by atoms with Crippen LogP contribution in [-0.2, 0) is 35.1 Å². The predicted octanol–water partition coefficient (Wildman–Crippen LogP) is 2.75. The number of fused-ring (bicyclic) bond motifs is 3. The Morgan fingerprint density at radius 2 is 1.43 bits per heavy atom. The molecule has 1 aliphatic heterocycles. The molecule has 2 unspecified atom stereocenters. The van der Waals surface area contributed by atoms with Crippen LogP contribution in [-0.4, -0.2) is 68.2 Å². The fraction of sp³-hybridized carbons (Fsp3) is 0.286. The van der Waals surface area contributed by atoms with Gasteiger partial charge in [-0.05, 0) is 40.7 Å². The van der Waals surface area contributed by atoms with Crippen LogP contribution in [0.2, 0.25) is 0 Å². The molecule has 5 rings (SSSR count). The van der Waals surface area contributed by atoms with Crippen LogP contribution < -0.4 is 21.3 Å². The molecule has 1 aliphatic carbocycles. The Hall–Kier alpha value is -5.45. The molecule has 238 valence electrons. The second kappa shape index (κ2) is 15.0. The number of ether oxygens (including phenoxy) is 2. The molecule has 0 bridgehead atoms. The van der Waals surface area contributed by atoms with Crippen LogP contribution in [0.3, 0.4) is 0 Å². The van der Waals surface area contributed by atoms with Crippen LogP contribution in [0.25, 0.3) is 11.1 Å². The minimum absolute atomic E-state index is 0.0378. The summed E-state index contributed by atoms with van der Waals surface area (Å²) in [5.41, 5.74) is 5.08. The van der Waals surface area contributed by atoms with Crippen molar-refractivity contribution in [2.45, 2.75) is 43.3 Å². The molecule has 0 fully saturated rings. The van der Waals surface area contributed by atoms with Gasteiger partial charge in [0.05, 0.1) is 13.7 Å². The number of alkyl carbamates (subject to hydrolysis) is 1. The third-order valence-corrected chi connectivity index (χ3v) is 8.02. The molecule has 1 heterocycles. The summed E-state index contributed by atoms with van der Waals surface area (Å²) in [4.78, 5) is 64.7. The van der Waals surface area contributed by atoms with Crippen LogP contribution in [0.4, 0.5) is 4.79 Å². The zero-order valence-electron chi connectivity index (χ0n) is 25.4. The summed E-state index contributed by atoms with van der Waals surface area (Å²) < 4.78 is 10.5. The van der Waals surface area contributed by atoms with Gasteiger partial charge in [0.15, 0.2) is 0 Å². The van der Waals surface area contributed by atoms with E-state index in [-0.39, 0.29) is 31.8 Å². The highest BCUT2D eigenvalue weighted by atomic mass is 16.5. The van der Waals surface area contributed by atoms with E-state index in [1.165, 1.54) is 7.11 Å². The molecule has 0 saturated heterocycles. The zero-order chi connectivity index (χ0) is 32.5. The lowest BCUT2D eigenvalue weighted by Crippen LogP contribution is -2.55. The lowest BCUT2D eigenvalue weighted by molar-refractivity contribution is -0.145. The molecule has 4 N–H and O–H groups in total. The van der Waals surface area contributed by atoms with Gasteiger partial charge in [0.1, 0.15) is 24.7 Å². The van der Waals surface area contributed by atoms with Crippen molar-refractivity contribution in [3.63, 3.8) is 0 Å². The summed E-state index contributed by atoms with van der Waals surface area (Å²) in [6, 6.07) is 21.9. The first-order valence-corrected chi connectivity index (χ1v) is 15.1. The first-order valence-electron chi connectivity index (χ1n) is 15.1. The number of carbonyl (C=O) groups is 5. The number of amides is 4. The van der Waals surface area contributed by atoms with Crippen LogP contribution in [0.5, 0.6) is 0 Å². The van der Waals surface area contributed by atoms with Crippen molar-refractivity contribution in [3.05, 3.63) is 108 Å². The van der Waals surface area contributed by atoms with Gasteiger partial charge in [0.25, 0.3) is 0 Å². The monoisotopic (exact) mass is 624 g/mol. The number of nitrogens with one attached hydrogen (secondary N) is 4. The highest BCUT2D eigenvalue weighted by Crippen LogP contribution is 2.44. The summed E-state index contributed by atoms with van der Waals surface area (Å²) in [6.07, 6.45) is 2.70. The molecule has 4 amide bonds. The topological polar surface area (TPSA) is 152 Å². The van der Waals surface area contributed by atoms with Gasteiger partial charge in [0.2, 0.25) is 17.7 Å². The number of methoxy groups -OCH3 is 1. The van der Waals surface area contributed by atoms with Gasteiger partial charge >= 0.3 is 12.1 Å². The van der Waals surface area contributed by atoms with E-state index in [1.54, 1.807) is 12.2 Å². The van der Waals surface area contributed by atoms with Crippen LogP contribution in [0, 0.1) is 0 Å². The molecule has 0 spiro atoms. The molecule has 2 aliphatic rings. The van der Waals surface area contributed by atoms with E-state index in [2.05, 4.69) is 21.3 Å². The maximum Gasteiger partial charge on any atom is 0.407 e. The predicted molar refractivity (Wildman–Crippen MR) is 169 cm³/mol. The number of benzene rings is 3. The summed E-state index contributed by atoms with van der Waals surface area (Å²) in [5.74, 6) is -2.63. The summed E-state index contributed by atoms with van der Waals surface area (Å²) in [7, 11) is 1.21. The largest absolute Gasteiger partial charge is 0.467 e. The Kier molecular flexibility index (Phi) is 10.4. The first kappa shape index (κ1) is 32.0. The minimum atomic E-state index is -1.08. The maximum atomic E-state index is 13.2. The Morgan fingerprint density at radius 1 is 0.804 bits per heavy atom. The van der Waals surface area contributed by atoms with Gasteiger partial charge in [-0.2, -0.15) is 0 Å². The summed E-state index contributed by atoms with van der Waals surface area (Å²) >= 11 is 0. The first-order chi connectivity index (χ1) is 22.3. The number of hydrogen-bond acceptors (Lipinski definition) is 7. The fourth-order valence-electron chi connectivity index (χ4n) is 5.70. The second-order valence-corrected chi connectivity index (χ2v) is 11.1. The van der Waals surface area contributed by atoms with Crippen molar-refractivity contribution in [3.8, 4) is 11.1 Å². The van der Waals surface area contributed by atoms with Crippen LogP contribution in [0.15, 0.2) is 91.0 Å². The normalized spacial score (nSPS) is 20.9. The SMILES string of the molecule is COC(=O)C1C/C=C\C[C@H](NC(=O)OCC2c3ccccc3-c3ccccc32)C(=O)NCC(=O)NC(Cc2ccccc2)C(=O)N1. The number of rotatable bonds is 6. The Morgan fingerprint density at radius 3 is 2.11 bits per heavy atom. The Balaban J connectivity index is 1.27. The second-order valence-electron chi connectivity index (χ2n) is 11.1. The molecule has 11 heteroatoms. The fourth-order valence-corrected chi connectivity index (χ4v) is 5.70. The standard InChI is InChI=1S/C35H36N4O7/c1-45-34(43)29-18-10-9-17-28(32(41)36-20-31(40)37-30(33(42)38-29)19-22-11-3-2-4-12-22)39-35(44)46-21-27-25-15-7-5-13-23(25)24-14-6-8-16-26(24)27/h2-16,27-30H,17-21H2,1H3,(H,36,41)(H,37,40)(H,38,42)(H,39,44)/b10-9-/t28-,29?,30?/m0/s1. The molecular weight excluding hydrogens is 588 g/mol. The highest BCUT2D eigenvalue weighted by Gasteiger charge is 2.31. The minimum Gasteiger partial charge on any atom is -0.467 e. The number of hydrogen-bond donors (Lipinski definition) is 4. The van der Waals surface area contributed by atoms with Gasteiger partial charge in [0, 0.05) is 12.3 Å². The summed E-state index contributed by atoms with van der Waals surface area (Å²) in [6.45, 7) is -0.375. The van der Waals surface area contributed by atoms with Crippen molar-refractivity contribution >= 4 is 29.8 Å². The van der Waals surface area contributed by atoms with Crippen molar-refractivity contribution in [1.82, 2.24) is 21.3 Å². The van der Waals surface area contributed by atoms with Crippen molar-refractivity contribution in [2.24, 2.45) is 0 Å². The molecular formula is C35H36N4O7. The third-order valence-electron chi connectivity index (χ3n) is 8.02. The molecule has 11 nitrogen and oxygen atoms in total. The van der Waals surface area contributed by atoms with Crippen molar-refractivity contribution in [1.29, 1.82) is 0 Å². The molecule has 0 radical (unpaired) electrons. The van der Waals surface area contributed by atoms with E-state index in [1.807, 2.05) is 78.9 Å². The highest BCUT2D eigenvalue weighted by molar-refractivity contribution is 5.93. The summed E-state index contributed by atoms with van der Waals surface area (Å²) in [5, 5.41) is 10.5. The quantitative estimate of drug-likeness (QED) is 0.243. The average molecular weight is 625 g/mol. The lowest BCUT2D eigenvalue weighted by Gasteiger charge is -2.23. The van der Waals surface area contributed by atoms with E-state index in [0.29, 0.717) is 0 Å². The average Bonchev–Trinajstić information content (AvgIpc) is 3.39. The van der Waals surface area contributed by atoms with Gasteiger partial charge in [-0.15, -0.1) is 0 Å². The van der Waals surface area contributed by atoms with Crippen molar-refractivity contribution in [2.75, 3.05) is 20.3 Å². The molecule has 3 aromatic carbocycles. The van der Waals surface area contributed by atoms with Crippen LogP contribution >= 0.6 is 0 Å². The van der Waals surface area contributed by atoms with E-state index >= 15 is 0 Å². The Labute approximate surface area is 266 Å². The van der Waals surface area contributed by atoms with Gasteiger partial charge < -0.3 is 30.7 Å². The third kappa shape index (κ3) is 7.79. The molecule has 0 aromatic heterocycles.